The first kappa shape index (κ1) is 15.5. The Kier molecular flexibility index (Phi) is 5.36. The molecule has 1 atom stereocenters. The van der Waals surface area contributed by atoms with E-state index in [0.717, 1.165) is 16.9 Å². The minimum absolute atomic E-state index is 0.234. The first-order chi connectivity index (χ1) is 10.1. The number of rotatable bonds is 6. The Morgan fingerprint density at radius 3 is 1.90 bits per heavy atom. The summed E-state index contributed by atoms with van der Waals surface area (Å²) in [7, 11) is 0.555. The van der Waals surface area contributed by atoms with E-state index in [2.05, 4.69) is 0 Å². The van der Waals surface area contributed by atoms with Gasteiger partial charge < -0.3 is 9.84 Å². The zero-order valence-electron chi connectivity index (χ0n) is 12.2. The number of hydrogen-bond donors (Lipinski definition) is 1. The maximum Gasteiger partial charge on any atom is 0.118 e. The van der Waals surface area contributed by atoms with Crippen LogP contribution in [0.2, 0.25) is 0 Å². The van der Waals surface area contributed by atoms with Gasteiger partial charge in [-0.05, 0) is 35.4 Å². The van der Waals surface area contributed by atoms with Crippen molar-refractivity contribution in [3.63, 3.8) is 0 Å². The molecular weight excluding hydrogens is 286 g/mol. The third kappa shape index (κ3) is 4.58. The molecule has 112 valence electrons. The van der Waals surface area contributed by atoms with Crippen LogP contribution in [0.3, 0.4) is 0 Å². The molecule has 1 N–H and O–H groups in total. The van der Waals surface area contributed by atoms with E-state index in [9.17, 15) is 9.32 Å². The maximum absolute atomic E-state index is 11.9. The Labute approximate surface area is 127 Å². The lowest BCUT2D eigenvalue weighted by Crippen LogP contribution is -2.24. The standard InChI is InChI=1S/C16H19NO3S/c1-20-16-9-5-14(6-10-16)12-17(21(2)19)11-13-3-7-15(18)8-4-13/h3-10,18H,11-12H2,1-2H3. The van der Waals surface area contributed by atoms with Crippen LogP contribution in [0.1, 0.15) is 11.1 Å². The molecule has 0 spiro atoms. The first-order valence-corrected chi connectivity index (χ1v) is 8.09. The van der Waals surface area contributed by atoms with Crippen LogP contribution in [0.4, 0.5) is 0 Å². The predicted octanol–water partition coefficient (Wildman–Crippen LogP) is 2.70. The molecule has 2 aromatic rings. The van der Waals surface area contributed by atoms with E-state index >= 15 is 0 Å². The first-order valence-electron chi connectivity index (χ1n) is 6.58. The van der Waals surface area contributed by atoms with Crippen molar-refractivity contribution in [3.05, 3.63) is 59.7 Å². The van der Waals surface area contributed by atoms with Gasteiger partial charge in [-0.25, -0.2) is 8.51 Å². The molecule has 21 heavy (non-hydrogen) atoms. The number of aromatic hydroxyl groups is 1. The minimum atomic E-state index is -1.08. The number of phenolic OH excluding ortho intramolecular Hbond substituents is 1. The molecule has 5 heteroatoms. The summed E-state index contributed by atoms with van der Waals surface area (Å²) in [5.74, 6) is 1.04. The van der Waals surface area contributed by atoms with Crippen LogP contribution in [0.15, 0.2) is 48.5 Å². The second-order valence-corrected chi connectivity index (χ2v) is 6.10. The van der Waals surface area contributed by atoms with E-state index in [1.807, 2.05) is 40.7 Å². The molecule has 0 saturated carbocycles. The van der Waals surface area contributed by atoms with Gasteiger partial charge in [-0.15, -0.1) is 0 Å². The molecule has 2 rings (SSSR count). The Morgan fingerprint density at radius 1 is 1.00 bits per heavy atom. The number of benzene rings is 2. The van der Waals surface area contributed by atoms with Gasteiger partial charge in [0, 0.05) is 19.3 Å². The summed E-state index contributed by atoms with van der Waals surface area (Å²) < 4.78 is 18.9. The number of methoxy groups -OCH3 is 1. The molecule has 2 aromatic carbocycles. The summed E-state index contributed by atoms with van der Waals surface area (Å²) in [5, 5.41) is 9.30. The van der Waals surface area contributed by atoms with E-state index in [1.165, 1.54) is 0 Å². The zero-order chi connectivity index (χ0) is 15.2. The van der Waals surface area contributed by atoms with E-state index in [1.54, 1.807) is 25.5 Å². The molecule has 0 radical (unpaired) electrons. The summed E-state index contributed by atoms with van der Waals surface area (Å²) in [5.41, 5.74) is 2.08. The second kappa shape index (κ2) is 7.24. The van der Waals surface area contributed by atoms with Crippen molar-refractivity contribution in [2.75, 3.05) is 13.4 Å². The fraction of sp³-hybridized carbons (Fsp3) is 0.250. The van der Waals surface area contributed by atoms with Gasteiger partial charge in [-0.1, -0.05) is 24.3 Å². The molecule has 0 aromatic heterocycles. The van der Waals surface area contributed by atoms with Crippen LogP contribution >= 0.6 is 0 Å². The number of phenols is 1. The highest BCUT2D eigenvalue weighted by atomic mass is 32.2. The SMILES string of the molecule is COc1ccc(CN(Cc2ccc(O)cc2)S(C)=O)cc1. The highest BCUT2D eigenvalue weighted by Gasteiger charge is 2.11. The smallest absolute Gasteiger partial charge is 0.118 e. The van der Waals surface area contributed by atoms with Gasteiger partial charge in [0.1, 0.15) is 11.5 Å². The quantitative estimate of drug-likeness (QED) is 0.892. The van der Waals surface area contributed by atoms with Crippen LogP contribution in [0.5, 0.6) is 11.5 Å². The van der Waals surface area contributed by atoms with Crippen molar-refractivity contribution < 1.29 is 14.1 Å². The molecular formula is C16H19NO3S. The predicted molar refractivity (Wildman–Crippen MR) is 84.4 cm³/mol. The molecule has 1 unspecified atom stereocenters. The fourth-order valence-electron chi connectivity index (χ4n) is 1.98. The summed E-state index contributed by atoms with van der Waals surface area (Å²) in [6.07, 6.45) is 1.67. The summed E-state index contributed by atoms with van der Waals surface area (Å²) in [6.45, 7) is 1.16. The van der Waals surface area contributed by atoms with Crippen LogP contribution in [0.25, 0.3) is 0 Å². The third-order valence-corrected chi connectivity index (χ3v) is 4.16. The Balaban J connectivity index is 2.07. The largest absolute Gasteiger partial charge is 0.508 e. The fourth-order valence-corrected chi connectivity index (χ4v) is 2.64. The Morgan fingerprint density at radius 2 is 1.48 bits per heavy atom. The summed E-state index contributed by atoms with van der Waals surface area (Å²) in [4.78, 5) is 0. The average Bonchev–Trinajstić information content (AvgIpc) is 2.49. The van der Waals surface area contributed by atoms with Crippen molar-refractivity contribution in [3.8, 4) is 11.5 Å². The molecule has 0 aliphatic heterocycles. The lowest BCUT2D eigenvalue weighted by atomic mass is 10.2. The van der Waals surface area contributed by atoms with Gasteiger partial charge in [0.2, 0.25) is 0 Å². The molecule has 0 fully saturated rings. The van der Waals surface area contributed by atoms with Gasteiger partial charge in [0.25, 0.3) is 0 Å². The van der Waals surface area contributed by atoms with Crippen molar-refractivity contribution in [1.82, 2.24) is 4.31 Å². The zero-order valence-corrected chi connectivity index (χ0v) is 13.0. The molecule has 0 heterocycles. The second-order valence-electron chi connectivity index (χ2n) is 4.74. The number of nitrogens with zero attached hydrogens (tertiary/aromatic N) is 1. The van der Waals surface area contributed by atoms with Crippen molar-refractivity contribution in [1.29, 1.82) is 0 Å². The van der Waals surface area contributed by atoms with Crippen molar-refractivity contribution >= 4 is 11.0 Å². The van der Waals surface area contributed by atoms with E-state index in [0.29, 0.717) is 13.1 Å². The molecule has 0 aliphatic carbocycles. The lowest BCUT2D eigenvalue weighted by Gasteiger charge is -2.19. The van der Waals surface area contributed by atoms with E-state index in [4.69, 9.17) is 4.74 Å². The van der Waals surface area contributed by atoms with Crippen LogP contribution in [0, 0.1) is 0 Å². The highest BCUT2D eigenvalue weighted by molar-refractivity contribution is 7.81. The monoisotopic (exact) mass is 305 g/mol. The number of hydrogen-bond acceptors (Lipinski definition) is 3. The Bertz CT molecular complexity index is 596. The summed E-state index contributed by atoms with van der Waals surface area (Å²) in [6, 6.07) is 14.7. The molecule has 0 saturated heterocycles. The molecule has 0 amide bonds. The van der Waals surface area contributed by atoms with Crippen LogP contribution in [-0.2, 0) is 24.1 Å². The van der Waals surface area contributed by atoms with E-state index in [-0.39, 0.29) is 5.75 Å². The molecule has 0 aliphatic rings. The number of ether oxygens (including phenoxy) is 1. The van der Waals surface area contributed by atoms with Gasteiger partial charge in [-0.3, -0.25) is 0 Å². The average molecular weight is 305 g/mol. The highest BCUT2D eigenvalue weighted by Crippen LogP contribution is 2.17. The minimum Gasteiger partial charge on any atom is -0.508 e. The van der Waals surface area contributed by atoms with Gasteiger partial charge >= 0.3 is 0 Å². The van der Waals surface area contributed by atoms with Crippen LogP contribution < -0.4 is 4.74 Å². The third-order valence-electron chi connectivity index (χ3n) is 3.18. The lowest BCUT2D eigenvalue weighted by molar-refractivity contribution is 0.413. The topological polar surface area (TPSA) is 49.8 Å². The maximum atomic E-state index is 11.9. The van der Waals surface area contributed by atoms with Crippen molar-refractivity contribution in [2.24, 2.45) is 0 Å². The van der Waals surface area contributed by atoms with Crippen LogP contribution in [-0.4, -0.2) is 27.0 Å². The van der Waals surface area contributed by atoms with Gasteiger partial charge in [-0.2, -0.15) is 0 Å². The Hall–Kier alpha value is -1.85. The van der Waals surface area contributed by atoms with Crippen molar-refractivity contribution in [2.45, 2.75) is 13.1 Å². The summed E-state index contributed by atoms with van der Waals surface area (Å²) >= 11 is 0. The normalized spacial score (nSPS) is 12.3. The molecule has 0 bridgehead atoms. The van der Waals surface area contributed by atoms with Gasteiger partial charge in [0.05, 0.1) is 18.1 Å². The van der Waals surface area contributed by atoms with E-state index < -0.39 is 11.0 Å². The molecule has 4 nitrogen and oxygen atoms in total. The van der Waals surface area contributed by atoms with Gasteiger partial charge in [0.15, 0.2) is 0 Å².